The van der Waals surface area contributed by atoms with E-state index in [0.29, 0.717) is 6.42 Å². The van der Waals surface area contributed by atoms with E-state index < -0.39 is 12.2 Å². The van der Waals surface area contributed by atoms with Crippen LogP contribution in [0.4, 0.5) is 13.2 Å². The van der Waals surface area contributed by atoms with Crippen molar-refractivity contribution in [3.05, 3.63) is 0 Å². The Morgan fingerprint density at radius 3 is 1.91 bits per heavy atom. The Kier molecular flexibility index (Phi) is 3.86. The molecule has 11 heavy (non-hydrogen) atoms. The van der Waals surface area contributed by atoms with Gasteiger partial charge in [-0.1, -0.05) is 13.8 Å². The maximum absolute atomic E-state index is 11.8. The van der Waals surface area contributed by atoms with Gasteiger partial charge in [-0.15, -0.1) is 0 Å². The highest BCUT2D eigenvalue weighted by atomic mass is 19.4. The van der Waals surface area contributed by atoms with Crippen LogP contribution in [0, 0.1) is 5.92 Å². The third-order valence-electron chi connectivity index (χ3n) is 1.48. The summed E-state index contributed by atoms with van der Waals surface area (Å²) in [4.78, 5) is 0. The molecule has 0 aromatic heterocycles. The summed E-state index contributed by atoms with van der Waals surface area (Å²) >= 11 is 0. The lowest BCUT2D eigenvalue weighted by atomic mass is 10.0. The van der Waals surface area contributed by atoms with Crippen LogP contribution < -0.4 is 5.73 Å². The van der Waals surface area contributed by atoms with Gasteiger partial charge in [0, 0.05) is 0 Å². The number of rotatable bonds is 3. The zero-order valence-electron chi connectivity index (χ0n) is 6.78. The Hall–Kier alpha value is -0.250. The van der Waals surface area contributed by atoms with Gasteiger partial charge in [0.1, 0.15) is 6.04 Å². The molecule has 1 atom stereocenters. The van der Waals surface area contributed by atoms with E-state index in [1.807, 2.05) is 13.8 Å². The molecule has 0 aliphatic heterocycles. The number of hydrogen-bond acceptors (Lipinski definition) is 1. The fourth-order valence-electron chi connectivity index (χ4n) is 0.677. The SMILES string of the molecule is CC(C)CC[C@@H](N)C(F)(F)F. The Labute approximate surface area is 64.8 Å². The molecular formula is C7H14F3N. The van der Waals surface area contributed by atoms with Crippen LogP contribution in [0.3, 0.4) is 0 Å². The van der Waals surface area contributed by atoms with E-state index >= 15 is 0 Å². The summed E-state index contributed by atoms with van der Waals surface area (Å²) in [5, 5.41) is 0. The molecule has 0 saturated carbocycles. The molecule has 0 bridgehead atoms. The van der Waals surface area contributed by atoms with Crippen molar-refractivity contribution >= 4 is 0 Å². The van der Waals surface area contributed by atoms with E-state index in [-0.39, 0.29) is 12.3 Å². The van der Waals surface area contributed by atoms with E-state index in [2.05, 4.69) is 0 Å². The molecular weight excluding hydrogens is 155 g/mol. The van der Waals surface area contributed by atoms with Crippen LogP contribution in [0.2, 0.25) is 0 Å². The molecule has 68 valence electrons. The van der Waals surface area contributed by atoms with Crippen LogP contribution in [0.15, 0.2) is 0 Å². The fourth-order valence-corrected chi connectivity index (χ4v) is 0.677. The first-order valence-electron chi connectivity index (χ1n) is 3.66. The molecule has 0 aliphatic carbocycles. The van der Waals surface area contributed by atoms with Gasteiger partial charge >= 0.3 is 6.18 Å². The minimum Gasteiger partial charge on any atom is -0.320 e. The lowest BCUT2D eigenvalue weighted by Gasteiger charge is -2.15. The third-order valence-corrected chi connectivity index (χ3v) is 1.48. The number of hydrogen-bond donors (Lipinski definition) is 1. The molecule has 0 aromatic carbocycles. The molecule has 0 fully saturated rings. The van der Waals surface area contributed by atoms with Gasteiger partial charge in [-0.2, -0.15) is 13.2 Å². The van der Waals surface area contributed by atoms with Crippen molar-refractivity contribution in [2.75, 3.05) is 0 Å². The lowest BCUT2D eigenvalue weighted by Crippen LogP contribution is -2.37. The highest BCUT2D eigenvalue weighted by Gasteiger charge is 2.35. The first-order chi connectivity index (χ1) is 4.84. The van der Waals surface area contributed by atoms with Crippen molar-refractivity contribution < 1.29 is 13.2 Å². The van der Waals surface area contributed by atoms with E-state index in [1.165, 1.54) is 0 Å². The number of nitrogens with two attached hydrogens (primary N) is 1. The maximum Gasteiger partial charge on any atom is 0.403 e. The lowest BCUT2D eigenvalue weighted by molar-refractivity contribution is -0.149. The van der Waals surface area contributed by atoms with Crippen molar-refractivity contribution in [2.45, 2.75) is 38.9 Å². The molecule has 1 nitrogen and oxygen atoms in total. The average molecular weight is 169 g/mol. The van der Waals surface area contributed by atoms with Crippen molar-refractivity contribution in [3.63, 3.8) is 0 Å². The molecule has 0 saturated heterocycles. The van der Waals surface area contributed by atoms with Crippen molar-refractivity contribution in [1.29, 1.82) is 0 Å². The third kappa shape index (κ3) is 5.07. The van der Waals surface area contributed by atoms with Crippen molar-refractivity contribution in [3.8, 4) is 0 Å². The molecule has 0 spiro atoms. The minimum atomic E-state index is -4.23. The van der Waals surface area contributed by atoms with Gasteiger partial charge < -0.3 is 5.73 Å². The summed E-state index contributed by atoms with van der Waals surface area (Å²) in [6.45, 7) is 3.76. The highest BCUT2D eigenvalue weighted by molar-refractivity contribution is 4.70. The van der Waals surface area contributed by atoms with Gasteiger partial charge in [-0.05, 0) is 18.8 Å². The minimum absolute atomic E-state index is 0.0289. The standard InChI is InChI=1S/C7H14F3N/c1-5(2)3-4-6(11)7(8,9)10/h5-6H,3-4,11H2,1-2H3/t6-/m1/s1. The first kappa shape index (κ1) is 10.8. The molecule has 0 aliphatic rings. The maximum atomic E-state index is 11.8. The Morgan fingerprint density at radius 2 is 1.64 bits per heavy atom. The predicted octanol–water partition coefficient (Wildman–Crippen LogP) is 2.31. The van der Waals surface area contributed by atoms with E-state index in [0.717, 1.165) is 0 Å². The van der Waals surface area contributed by atoms with Gasteiger partial charge in [0.15, 0.2) is 0 Å². The monoisotopic (exact) mass is 169 g/mol. The van der Waals surface area contributed by atoms with Crippen LogP contribution in [0.25, 0.3) is 0 Å². The topological polar surface area (TPSA) is 26.0 Å². The van der Waals surface area contributed by atoms with Crippen molar-refractivity contribution in [1.82, 2.24) is 0 Å². The number of halogens is 3. The Balaban J connectivity index is 3.61. The summed E-state index contributed by atoms with van der Waals surface area (Å²) in [6, 6.07) is -1.65. The first-order valence-corrected chi connectivity index (χ1v) is 3.66. The summed E-state index contributed by atoms with van der Waals surface area (Å²) in [6.07, 6.45) is -3.67. The van der Waals surface area contributed by atoms with Gasteiger partial charge in [0.2, 0.25) is 0 Å². The summed E-state index contributed by atoms with van der Waals surface area (Å²) in [7, 11) is 0. The predicted molar refractivity (Wildman–Crippen MR) is 38.1 cm³/mol. The fraction of sp³-hybridized carbons (Fsp3) is 1.00. The van der Waals surface area contributed by atoms with Gasteiger partial charge in [-0.25, -0.2) is 0 Å². The van der Waals surface area contributed by atoms with Crippen LogP contribution in [-0.4, -0.2) is 12.2 Å². The molecule has 0 unspecified atom stereocenters. The van der Waals surface area contributed by atoms with Gasteiger partial charge in [0.05, 0.1) is 0 Å². The number of alkyl halides is 3. The normalized spacial score (nSPS) is 15.5. The second-order valence-corrected chi connectivity index (χ2v) is 3.12. The van der Waals surface area contributed by atoms with Gasteiger partial charge in [-0.3, -0.25) is 0 Å². The molecule has 0 heterocycles. The van der Waals surface area contributed by atoms with E-state index in [1.54, 1.807) is 0 Å². The van der Waals surface area contributed by atoms with E-state index in [9.17, 15) is 13.2 Å². The molecule has 2 N–H and O–H groups in total. The quantitative estimate of drug-likeness (QED) is 0.689. The Morgan fingerprint density at radius 1 is 1.18 bits per heavy atom. The zero-order valence-corrected chi connectivity index (χ0v) is 6.78. The van der Waals surface area contributed by atoms with Crippen LogP contribution in [-0.2, 0) is 0 Å². The van der Waals surface area contributed by atoms with Crippen molar-refractivity contribution in [2.24, 2.45) is 11.7 Å². The zero-order chi connectivity index (χ0) is 9.07. The molecule has 0 radical (unpaired) electrons. The largest absolute Gasteiger partial charge is 0.403 e. The van der Waals surface area contributed by atoms with E-state index in [4.69, 9.17) is 5.73 Å². The second-order valence-electron chi connectivity index (χ2n) is 3.12. The van der Waals surface area contributed by atoms with Gasteiger partial charge in [0.25, 0.3) is 0 Å². The molecule has 4 heteroatoms. The molecule has 0 aromatic rings. The second kappa shape index (κ2) is 3.95. The van der Waals surface area contributed by atoms with Crippen LogP contribution in [0.1, 0.15) is 26.7 Å². The summed E-state index contributed by atoms with van der Waals surface area (Å²) in [5.74, 6) is 0.281. The van der Waals surface area contributed by atoms with Crippen LogP contribution in [0.5, 0.6) is 0 Å². The molecule has 0 rings (SSSR count). The summed E-state index contributed by atoms with van der Waals surface area (Å²) < 4.78 is 35.3. The Bertz CT molecular complexity index is 109. The highest BCUT2D eigenvalue weighted by Crippen LogP contribution is 2.22. The average Bonchev–Trinajstić information content (AvgIpc) is 1.80. The molecule has 0 amide bonds. The smallest absolute Gasteiger partial charge is 0.320 e. The van der Waals surface area contributed by atoms with Crippen LogP contribution >= 0.6 is 0 Å². The summed E-state index contributed by atoms with van der Waals surface area (Å²) in [5.41, 5.74) is 4.87.